The highest BCUT2D eigenvalue weighted by Crippen LogP contribution is 2.29. The van der Waals surface area contributed by atoms with Gasteiger partial charge in [-0.2, -0.15) is 0 Å². The van der Waals surface area contributed by atoms with Gasteiger partial charge in [-0.05, 0) is 36.9 Å². The lowest BCUT2D eigenvalue weighted by molar-refractivity contribution is 0.264. The molecule has 2 unspecified atom stereocenters. The number of rotatable bonds is 7. The van der Waals surface area contributed by atoms with E-state index in [1.807, 2.05) is 0 Å². The fourth-order valence-corrected chi connectivity index (χ4v) is 1.98. The zero-order valence-corrected chi connectivity index (χ0v) is 11.9. The topological polar surface area (TPSA) is 25.2 Å². The second-order valence-corrected chi connectivity index (χ2v) is 5.19. The van der Waals surface area contributed by atoms with Crippen LogP contribution in [0.4, 0.5) is 0 Å². The zero-order chi connectivity index (χ0) is 12.8. The molecule has 0 radical (unpaired) electrons. The van der Waals surface area contributed by atoms with Crippen LogP contribution in [0.3, 0.4) is 0 Å². The summed E-state index contributed by atoms with van der Waals surface area (Å²) in [7, 11) is 0. The van der Waals surface area contributed by atoms with E-state index in [1.54, 1.807) is 0 Å². The fraction of sp³-hybridized carbons (Fsp3) is 0.733. The monoisotopic (exact) mass is 237 g/mol. The quantitative estimate of drug-likeness (QED) is 0.769. The molecule has 0 aliphatic heterocycles. The van der Waals surface area contributed by atoms with Gasteiger partial charge >= 0.3 is 0 Å². The van der Waals surface area contributed by atoms with Crippen molar-refractivity contribution < 1.29 is 4.42 Å². The summed E-state index contributed by atoms with van der Waals surface area (Å²) in [5.41, 5.74) is 0. The summed E-state index contributed by atoms with van der Waals surface area (Å²) in [4.78, 5) is 0. The van der Waals surface area contributed by atoms with Crippen molar-refractivity contribution in [3.05, 3.63) is 23.7 Å². The van der Waals surface area contributed by atoms with Crippen LogP contribution in [0.25, 0.3) is 0 Å². The molecule has 1 aromatic heterocycles. The van der Waals surface area contributed by atoms with Crippen LogP contribution in [0.15, 0.2) is 16.5 Å². The van der Waals surface area contributed by atoms with Gasteiger partial charge in [0.15, 0.2) is 0 Å². The van der Waals surface area contributed by atoms with Crippen LogP contribution in [-0.2, 0) is 6.42 Å². The fourth-order valence-electron chi connectivity index (χ4n) is 1.98. The Morgan fingerprint density at radius 2 is 1.88 bits per heavy atom. The summed E-state index contributed by atoms with van der Waals surface area (Å²) in [5.74, 6) is 3.41. The maximum absolute atomic E-state index is 5.90. The van der Waals surface area contributed by atoms with Gasteiger partial charge in [-0.1, -0.05) is 34.6 Å². The van der Waals surface area contributed by atoms with Crippen molar-refractivity contribution in [2.75, 3.05) is 6.54 Å². The standard InChI is InChI=1S/C15H27NO/c1-6-10-16-15(12(5)11(3)4)14-9-8-13(7-2)17-14/h8-9,11-12,15-16H,6-7,10H2,1-5H3. The lowest BCUT2D eigenvalue weighted by atomic mass is 9.89. The first-order valence-corrected chi connectivity index (χ1v) is 6.92. The summed E-state index contributed by atoms with van der Waals surface area (Å²) in [6.45, 7) is 12.2. The van der Waals surface area contributed by atoms with Gasteiger partial charge in [-0.15, -0.1) is 0 Å². The van der Waals surface area contributed by atoms with E-state index in [1.165, 1.54) is 0 Å². The molecule has 0 saturated carbocycles. The molecule has 98 valence electrons. The summed E-state index contributed by atoms with van der Waals surface area (Å²) < 4.78 is 5.90. The molecule has 1 heterocycles. The summed E-state index contributed by atoms with van der Waals surface area (Å²) in [6.07, 6.45) is 2.12. The van der Waals surface area contributed by atoms with Gasteiger partial charge in [-0.3, -0.25) is 0 Å². The third kappa shape index (κ3) is 3.88. The van der Waals surface area contributed by atoms with Crippen LogP contribution < -0.4 is 5.32 Å². The van der Waals surface area contributed by atoms with Crippen LogP contribution in [0.1, 0.15) is 58.6 Å². The maximum atomic E-state index is 5.90. The van der Waals surface area contributed by atoms with Crippen LogP contribution in [0.5, 0.6) is 0 Å². The summed E-state index contributed by atoms with van der Waals surface area (Å²) in [5, 5.41) is 3.61. The molecule has 0 spiro atoms. The molecule has 0 amide bonds. The SMILES string of the molecule is CCCNC(c1ccc(CC)o1)C(C)C(C)C. The molecule has 1 aromatic rings. The highest BCUT2D eigenvalue weighted by Gasteiger charge is 2.24. The molecular weight excluding hydrogens is 210 g/mol. The number of hydrogen-bond acceptors (Lipinski definition) is 2. The van der Waals surface area contributed by atoms with E-state index >= 15 is 0 Å². The average Bonchev–Trinajstić information content (AvgIpc) is 2.77. The highest BCUT2D eigenvalue weighted by atomic mass is 16.3. The first-order chi connectivity index (χ1) is 8.10. The van der Waals surface area contributed by atoms with Gasteiger partial charge in [0.1, 0.15) is 11.5 Å². The third-order valence-corrected chi connectivity index (χ3v) is 3.53. The predicted octanol–water partition coefficient (Wildman–Crippen LogP) is 4.17. The van der Waals surface area contributed by atoms with Gasteiger partial charge in [0, 0.05) is 6.42 Å². The Labute approximate surface area is 106 Å². The summed E-state index contributed by atoms with van der Waals surface area (Å²) >= 11 is 0. The molecule has 17 heavy (non-hydrogen) atoms. The Balaban J connectivity index is 2.81. The van der Waals surface area contributed by atoms with E-state index in [9.17, 15) is 0 Å². The number of aryl methyl sites for hydroxylation is 1. The Morgan fingerprint density at radius 3 is 2.35 bits per heavy atom. The van der Waals surface area contributed by atoms with Crippen LogP contribution in [-0.4, -0.2) is 6.54 Å². The van der Waals surface area contributed by atoms with Crippen molar-refractivity contribution in [3.8, 4) is 0 Å². The van der Waals surface area contributed by atoms with Gasteiger partial charge in [-0.25, -0.2) is 0 Å². The first kappa shape index (κ1) is 14.3. The molecule has 0 saturated heterocycles. The van der Waals surface area contributed by atoms with Crippen molar-refractivity contribution >= 4 is 0 Å². The van der Waals surface area contributed by atoms with Crippen molar-refractivity contribution in [2.45, 2.75) is 53.5 Å². The molecule has 2 heteroatoms. The average molecular weight is 237 g/mol. The molecular formula is C15H27NO. The Morgan fingerprint density at radius 1 is 1.18 bits per heavy atom. The number of hydrogen-bond donors (Lipinski definition) is 1. The second kappa shape index (κ2) is 6.85. The van der Waals surface area contributed by atoms with Gasteiger partial charge < -0.3 is 9.73 Å². The lowest BCUT2D eigenvalue weighted by Crippen LogP contribution is -2.29. The van der Waals surface area contributed by atoms with Gasteiger partial charge in [0.2, 0.25) is 0 Å². The molecule has 0 fully saturated rings. The zero-order valence-electron chi connectivity index (χ0n) is 11.9. The third-order valence-electron chi connectivity index (χ3n) is 3.53. The molecule has 2 atom stereocenters. The summed E-state index contributed by atoms with van der Waals surface area (Å²) in [6, 6.07) is 4.57. The number of nitrogens with one attached hydrogen (secondary N) is 1. The van der Waals surface area contributed by atoms with Gasteiger partial charge in [0.05, 0.1) is 6.04 Å². The van der Waals surface area contributed by atoms with Crippen molar-refractivity contribution in [3.63, 3.8) is 0 Å². The van der Waals surface area contributed by atoms with Crippen molar-refractivity contribution in [2.24, 2.45) is 11.8 Å². The van der Waals surface area contributed by atoms with E-state index in [0.717, 1.165) is 30.9 Å². The van der Waals surface area contributed by atoms with E-state index in [0.29, 0.717) is 17.9 Å². The first-order valence-electron chi connectivity index (χ1n) is 6.92. The Hall–Kier alpha value is -0.760. The van der Waals surface area contributed by atoms with Crippen LogP contribution >= 0.6 is 0 Å². The highest BCUT2D eigenvalue weighted by molar-refractivity contribution is 5.11. The Bertz CT molecular complexity index is 316. The van der Waals surface area contributed by atoms with Gasteiger partial charge in [0.25, 0.3) is 0 Å². The van der Waals surface area contributed by atoms with E-state index in [4.69, 9.17) is 4.42 Å². The van der Waals surface area contributed by atoms with E-state index in [-0.39, 0.29) is 0 Å². The Kier molecular flexibility index (Phi) is 5.76. The molecule has 0 aromatic carbocycles. The molecule has 2 nitrogen and oxygen atoms in total. The molecule has 1 rings (SSSR count). The minimum Gasteiger partial charge on any atom is -0.464 e. The van der Waals surface area contributed by atoms with Crippen molar-refractivity contribution in [1.29, 1.82) is 0 Å². The maximum Gasteiger partial charge on any atom is 0.121 e. The molecule has 0 aliphatic carbocycles. The minimum atomic E-state index is 0.343. The smallest absolute Gasteiger partial charge is 0.121 e. The lowest BCUT2D eigenvalue weighted by Gasteiger charge is -2.26. The van der Waals surface area contributed by atoms with E-state index in [2.05, 4.69) is 52.1 Å². The van der Waals surface area contributed by atoms with E-state index < -0.39 is 0 Å². The largest absolute Gasteiger partial charge is 0.464 e. The van der Waals surface area contributed by atoms with Crippen molar-refractivity contribution in [1.82, 2.24) is 5.32 Å². The minimum absolute atomic E-state index is 0.343. The molecule has 0 aliphatic rings. The normalized spacial score (nSPS) is 15.2. The number of furan rings is 1. The van der Waals surface area contributed by atoms with Crippen LogP contribution in [0.2, 0.25) is 0 Å². The molecule has 0 bridgehead atoms. The second-order valence-electron chi connectivity index (χ2n) is 5.19. The predicted molar refractivity (Wildman–Crippen MR) is 73.1 cm³/mol. The van der Waals surface area contributed by atoms with Crippen LogP contribution in [0, 0.1) is 11.8 Å². The molecule has 1 N–H and O–H groups in total.